The Morgan fingerprint density at radius 3 is 2.40 bits per heavy atom. The number of nitrogens with one attached hydrogen (secondary N) is 1. The maximum Gasteiger partial charge on any atom is 0.237 e. The van der Waals surface area contributed by atoms with Crippen LogP contribution in [-0.4, -0.2) is 32.5 Å². The van der Waals surface area contributed by atoms with Crippen LogP contribution < -0.4 is 10.2 Å². The van der Waals surface area contributed by atoms with Gasteiger partial charge in [0, 0.05) is 36.1 Å². The van der Waals surface area contributed by atoms with E-state index in [2.05, 4.69) is 15.5 Å². The van der Waals surface area contributed by atoms with Crippen molar-refractivity contribution in [2.45, 2.75) is 43.8 Å². The molecule has 6 nitrogen and oxygen atoms in total. The van der Waals surface area contributed by atoms with Crippen LogP contribution in [0.2, 0.25) is 0 Å². The van der Waals surface area contributed by atoms with Crippen molar-refractivity contribution in [3.05, 3.63) is 60.4 Å². The normalized spacial score (nSPS) is 13.5. The van der Waals surface area contributed by atoms with E-state index in [9.17, 15) is 4.79 Å². The Kier molecular flexibility index (Phi) is 6.08. The van der Waals surface area contributed by atoms with Gasteiger partial charge >= 0.3 is 0 Å². The lowest BCUT2D eigenvalue weighted by atomic mass is 10.2. The molecule has 1 N–H and O–H groups in total. The molecule has 1 aliphatic rings. The Balaban J connectivity index is 1.41. The zero-order chi connectivity index (χ0) is 21.1. The summed E-state index contributed by atoms with van der Waals surface area (Å²) in [4.78, 5) is 14.9. The molecule has 0 aliphatic heterocycles. The third kappa shape index (κ3) is 4.67. The molecule has 4 rings (SSSR count). The number of carbonyl (C=O) groups is 1. The predicted octanol–water partition coefficient (Wildman–Crippen LogP) is 4.97. The summed E-state index contributed by atoms with van der Waals surface area (Å²) in [5.41, 5.74) is 2.92. The van der Waals surface area contributed by atoms with Crippen LogP contribution in [0.15, 0.2) is 59.8 Å². The van der Waals surface area contributed by atoms with Crippen LogP contribution in [0.25, 0.3) is 0 Å². The molecule has 3 aromatic rings. The summed E-state index contributed by atoms with van der Waals surface area (Å²) >= 11 is 1.45. The van der Waals surface area contributed by atoms with Gasteiger partial charge in [-0.05, 0) is 63.1 Å². The molecule has 0 spiro atoms. The Bertz CT molecular complexity index is 996. The number of amides is 1. The van der Waals surface area contributed by atoms with Gasteiger partial charge in [-0.25, -0.2) is 0 Å². The topological polar surface area (TPSA) is 63.1 Å². The van der Waals surface area contributed by atoms with E-state index in [4.69, 9.17) is 0 Å². The van der Waals surface area contributed by atoms with Gasteiger partial charge in [0.05, 0.1) is 5.75 Å². The van der Waals surface area contributed by atoms with Crippen LogP contribution in [0, 0.1) is 0 Å². The molecule has 7 heteroatoms. The van der Waals surface area contributed by atoms with Crippen molar-refractivity contribution < 1.29 is 4.79 Å². The van der Waals surface area contributed by atoms with Gasteiger partial charge in [-0.1, -0.05) is 30.0 Å². The minimum Gasteiger partial charge on any atom is -0.356 e. The van der Waals surface area contributed by atoms with E-state index in [1.54, 1.807) is 0 Å². The van der Waals surface area contributed by atoms with Crippen molar-refractivity contribution in [3.63, 3.8) is 0 Å². The quantitative estimate of drug-likeness (QED) is 0.520. The van der Waals surface area contributed by atoms with Gasteiger partial charge in [-0.15, -0.1) is 10.2 Å². The fourth-order valence-electron chi connectivity index (χ4n) is 3.47. The van der Waals surface area contributed by atoms with Gasteiger partial charge in [-0.3, -0.25) is 4.79 Å². The van der Waals surface area contributed by atoms with Gasteiger partial charge < -0.3 is 14.8 Å². The van der Waals surface area contributed by atoms with Crippen LogP contribution >= 0.6 is 11.8 Å². The number of thioether (sulfide) groups is 1. The van der Waals surface area contributed by atoms with Crippen molar-refractivity contribution in [2.75, 3.05) is 16.0 Å². The lowest BCUT2D eigenvalue weighted by Crippen LogP contribution is -2.38. The predicted molar refractivity (Wildman–Crippen MR) is 122 cm³/mol. The number of aromatic nitrogens is 3. The third-order valence-electron chi connectivity index (χ3n) is 5.13. The Hall–Kier alpha value is -2.80. The molecule has 1 amide bonds. The van der Waals surface area contributed by atoms with E-state index in [0.29, 0.717) is 11.7 Å². The minimum atomic E-state index is 0.0625. The summed E-state index contributed by atoms with van der Waals surface area (Å²) in [6.45, 7) is 4.07. The molecule has 30 heavy (non-hydrogen) atoms. The highest BCUT2D eigenvalue weighted by atomic mass is 32.2. The van der Waals surface area contributed by atoms with Gasteiger partial charge in [0.1, 0.15) is 5.82 Å². The SMILES string of the molecule is CC(C)N(C(=O)CSc1nnc(C2CC2)n1C)c1ccc(Nc2ccccc2)cc1. The summed E-state index contributed by atoms with van der Waals surface area (Å²) in [6.07, 6.45) is 2.37. The number of hydrogen-bond donors (Lipinski definition) is 1. The summed E-state index contributed by atoms with van der Waals surface area (Å²) in [5.74, 6) is 1.98. The third-order valence-corrected chi connectivity index (χ3v) is 6.13. The van der Waals surface area contributed by atoms with Crippen molar-refractivity contribution in [1.82, 2.24) is 14.8 Å². The summed E-state index contributed by atoms with van der Waals surface area (Å²) in [6, 6.07) is 18.1. The molecule has 1 saturated carbocycles. The number of hydrogen-bond acceptors (Lipinski definition) is 5. The maximum atomic E-state index is 13.0. The van der Waals surface area contributed by atoms with E-state index >= 15 is 0 Å². The van der Waals surface area contributed by atoms with E-state index in [1.807, 2.05) is 85.0 Å². The molecule has 0 unspecified atom stereocenters. The fraction of sp³-hybridized carbons (Fsp3) is 0.348. The van der Waals surface area contributed by atoms with Crippen molar-refractivity contribution in [3.8, 4) is 0 Å². The Labute approximate surface area is 181 Å². The molecule has 0 saturated heterocycles. The lowest BCUT2D eigenvalue weighted by molar-refractivity contribution is -0.116. The highest BCUT2D eigenvalue weighted by Crippen LogP contribution is 2.39. The average molecular weight is 422 g/mol. The first-order valence-electron chi connectivity index (χ1n) is 10.3. The Morgan fingerprint density at radius 1 is 1.10 bits per heavy atom. The number of benzene rings is 2. The van der Waals surface area contributed by atoms with Crippen molar-refractivity contribution >= 4 is 34.7 Å². The molecule has 1 aromatic heterocycles. The van der Waals surface area contributed by atoms with Gasteiger partial charge in [0.15, 0.2) is 5.16 Å². The first-order valence-corrected chi connectivity index (χ1v) is 11.3. The number of carbonyl (C=O) groups excluding carboxylic acids is 1. The van der Waals surface area contributed by atoms with E-state index in [1.165, 1.54) is 24.6 Å². The first kappa shape index (κ1) is 20.5. The van der Waals surface area contributed by atoms with E-state index in [0.717, 1.165) is 28.0 Å². The smallest absolute Gasteiger partial charge is 0.237 e. The number of para-hydroxylation sites is 1. The largest absolute Gasteiger partial charge is 0.356 e. The van der Waals surface area contributed by atoms with Gasteiger partial charge in [0.2, 0.25) is 5.91 Å². The maximum absolute atomic E-state index is 13.0. The number of anilines is 3. The second-order valence-corrected chi connectivity index (χ2v) is 8.80. The summed E-state index contributed by atoms with van der Waals surface area (Å²) in [5, 5.41) is 12.7. The van der Waals surface area contributed by atoms with Crippen LogP contribution in [0.5, 0.6) is 0 Å². The van der Waals surface area contributed by atoms with Crippen molar-refractivity contribution in [1.29, 1.82) is 0 Å². The van der Waals surface area contributed by atoms with Gasteiger partial charge in [0.25, 0.3) is 0 Å². The van der Waals surface area contributed by atoms with Crippen LogP contribution in [0.3, 0.4) is 0 Å². The number of rotatable bonds is 8. The standard InChI is InChI=1S/C23H27N5OS/c1-16(2)28(20-13-11-19(12-14-20)24-18-7-5-4-6-8-18)21(29)15-30-23-26-25-22(27(23)3)17-9-10-17/h4-8,11-14,16-17,24H,9-10,15H2,1-3H3. The molecule has 1 heterocycles. The van der Waals surface area contributed by atoms with Gasteiger partial charge in [-0.2, -0.15) is 0 Å². The average Bonchev–Trinajstić information content (AvgIpc) is 3.51. The zero-order valence-electron chi connectivity index (χ0n) is 17.6. The molecule has 2 aromatic carbocycles. The second-order valence-electron chi connectivity index (χ2n) is 7.86. The zero-order valence-corrected chi connectivity index (χ0v) is 18.4. The number of nitrogens with zero attached hydrogens (tertiary/aromatic N) is 4. The van der Waals surface area contributed by atoms with Crippen LogP contribution in [0.4, 0.5) is 17.1 Å². The molecular formula is C23H27N5OS. The fourth-order valence-corrected chi connectivity index (χ4v) is 4.25. The minimum absolute atomic E-state index is 0.0625. The first-order chi connectivity index (χ1) is 14.5. The molecule has 1 fully saturated rings. The highest BCUT2D eigenvalue weighted by Gasteiger charge is 2.29. The molecule has 156 valence electrons. The molecule has 0 bridgehead atoms. The summed E-state index contributed by atoms with van der Waals surface area (Å²) in [7, 11) is 1.99. The highest BCUT2D eigenvalue weighted by molar-refractivity contribution is 7.99. The molecule has 0 atom stereocenters. The second kappa shape index (κ2) is 8.92. The lowest BCUT2D eigenvalue weighted by Gasteiger charge is -2.27. The molecular weight excluding hydrogens is 394 g/mol. The van der Waals surface area contributed by atoms with Crippen LogP contribution in [0.1, 0.15) is 38.4 Å². The van der Waals surface area contributed by atoms with E-state index in [-0.39, 0.29) is 11.9 Å². The van der Waals surface area contributed by atoms with E-state index < -0.39 is 0 Å². The molecule has 0 radical (unpaired) electrons. The summed E-state index contributed by atoms with van der Waals surface area (Å²) < 4.78 is 2.03. The van der Waals surface area contributed by atoms with Crippen molar-refractivity contribution in [2.24, 2.45) is 7.05 Å². The molecule has 1 aliphatic carbocycles. The monoisotopic (exact) mass is 421 g/mol. The van der Waals surface area contributed by atoms with Crippen LogP contribution in [-0.2, 0) is 11.8 Å². The Morgan fingerprint density at radius 2 is 1.77 bits per heavy atom.